The van der Waals surface area contributed by atoms with Gasteiger partial charge >= 0.3 is 0 Å². The lowest BCUT2D eigenvalue weighted by molar-refractivity contribution is 0.607. The van der Waals surface area contributed by atoms with E-state index in [0.717, 1.165) is 0 Å². The predicted octanol–water partition coefficient (Wildman–Crippen LogP) is 5.20. The molecule has 2 aromatic rings. The topological polar surface area (TPSA) is 12.9 Å². The molecule has 0 amide bonds. The summed E-state index contributed by atoms with van der Waals surface area (Å²) in [6.07, 6.45) is 11.4. The molecule has 0 atom stereocenters. The second-order valence-electron chi connectivity index (χ2n) is 4.72. The first-order valence-electron chi connectivity index (χ1n) is 6.73. The zero-order valence-electron chi connectivity index (χ0n) is 10.6. The van der Waals surface area contributed by atoms with Crippen LogP contribution in [0, 0.1) is 0 Å². The molecule has 0 N–H and O–H groups in total. The number of hydrogen-bond acceptors (Lipinski definition) is 2. The van der Waals surface area contributed by atoms with E-state index in [1.165, 1.54) is 60.6 Å². The van der Waals surface area contributed by atoms with Crippen molar-refractivity contribution in [1.29, 1.82) is 0 Å². The van der Waals surface area contributed by atoms with Gasteiger partial charge in [0, 0.05) is 11.6 Å². The molecule has 1 heterocycles. The Morgan fingerprint density at radius 3 is 2.76 bits per heavy atom. The number of benzene rings is 1. The summed E-state index contributed by atoms with van der Waals surface area (Å²) < 4.78 is 5.52. The molecule has 0 aliphatic heterocycles. The average molecular weight is 247 g/mol. The molecule has 1 aromatic carbocycles. The van der Waals surface area contributed by atoms with Gasteiger partial charge in [0.15, 0.2) is 0 Å². The van der Waals surface area contributed by atoms with E-state index in [4.69, 9.17) is 0 Å². The second-order valence-corrected chi connectivity index (χ2v) is 5.55. The highest BCUT2D eigenvalue weighted by atomic mass is 32.1. The van der Waals surface area contributed by atoms with Gasteiger partial charge in [-0.05, 0) is 42.1 Å². The van der Waals surface area contributed by atoms with Crippen LogP contribution in [0.2, 0.25) is 0 Å². The summed E-state index contributed by atoms with van der Waals surface area (Å²) in [5.74, 6) is 0. The average Bonchev–Trinajstić information content (AvgIpc) is 2.81. The summed E-state index contributed by atoms with van der Waals surface area (Å²) in [5, 5.41) is 1.30. The van der Waals surface area contributed by atoms with Crippen LogP contribution in [0.1, 0.15) is 51.0 Å². The normalized spacial score (nSPS) is 11.1. The first kappa shape index (κ1) is 12.6. The number of aromatic nitrogens is 1. The number of hydrogen-bond donors (Lipinski definition) is 0. The molecule has 0 radical (unpaired) electrons. The Morgan fingerprint density at radius 1 is 1.06 bits per heavy atom. The summed E-state index contributed by atoms with van der Waals surface area (Å²) in [6.45, 7) is 2.27. The minimum Gasteiger partial charge on any atom is -0.200 e. The van der Waals surface area contributed by atoms with Crippen molar-refractivity contribution in [2.45, 2.75) is 51.9 Å². The molecule has 1 nitrogen and oxygen atoms in total. The van der Waals surface area contributed by atoms with E-state index in [2.05, 4.69) is 29.5 Å². The van der Waals surface area contributed by atoms with Gasteiger partial charge in [0.2, 0.25) is 0 Å². The Balaban J connectivity index is 1.75. The van der Waals surface area contributed by atoms with E-state index in [9.17, 15) is 0 Å². The van der Waals surface area contributed by atoms with Gasteiger partial charge in [0.25, 0.3) is 0 Å². The fourth-order valence-corrected chi connectivity index (χ4v) is 2.81. The van der Waals surface area contributed by atoms with Gasteiger partial charge < -0.3 is 0 Å². The van der Waals surface area contributed by atoms with Crippen LogP contribution >= 0.6 is 11.5 Å². The molecule has 0 saturated heterocycles. The molecule has 0 spiro atoms. The fraction of sp³-hybridized carbons (Fsp3) is 0.533. The lowest BCUT2D eigenvalue weighted by Gasteiger charge is -2.02. The van der Waals surface area contributed by atoms with Crippen molar-refractivity contribution >= 4 is 21.6 Å². The monoisotopic (exact) mass is 247 g/mol. The number of fused-ring (bicyclic) bond motifs is 1. The fourth-order valence-electron chi connectivity index (χ4n) is 2.19. The molecule has 0 aliphatic rings. The minimum absolute atomic E-state index is 1.22. The zero-order chi connectivity index (χ0) is 11.9. The lowest BCUT2D eigenvalue weighted by atomic mass is 10.0. The Labute approximate surface area is 108 Å². The predicted molar refractivity (Wildman–Crippen MR) is 76.7 cm³/mol. The minimum atomic E-state index is 1.22. The second kappa shape index (κ2) is 6.75. The molecule has 0 bridgehead atoms. The van der Waals surface area contributed by atoms with Crippen LogP contribution in [0.3, 0.4) is 0 Å². The van der Waals surface area contributed by atoms with Crippen LogP contribution in [-0.4, -0.2) is 4.37 Å². The van der Waals surface area contributed by atoms with Crippen LogP contribution in [0.15, 0.2) is 24.4 Å². The summed E-state index contributed by atoms with van der Waals surface area (Å²) in [4.78, 5) is 0. The molecule has 0 unspecified atom stereocenters. The van der Waals surface area contributed by atoms with Crippen LogP contribution in [0.5, 0.6) is 0 Å². The number of nitrogens with zero attached hydrogens (tertiary/aromatic N) is 1. The maximum absolute atomic E-state index is 4.21. The van der Waals surface area contributed by atoms with Gasteiger partial charge in [-0.25, -0.2) is 0 Å². The first-order valence-corrected chi connectivity index (χ1v) is 7.51. The molecule has 2 heteroatoms. The Bertz CT molecular complexity index is 447. The van der Waals surface area contributed by atoms with Crippen LogP contribution in [0.25, 0.3) is 10.1 Å². The summed E-state index contributed by atoms with van der Waals surface area (Å²) in [6, 6.07) is 6.76. The maximum atomic E-state index is 4.21. The summed E-state index contributed by atoms with van der Waals surface area (Å²) in [7, 11) is 0. The number of rotatable bonds is 7. The van der Waals surface area contributed by atoms with Crippen molar-refractivity contribution in [3.8, 4) is 0 Å². The van der Waals surface area contributed by atoms with Crippen LogP contribution in [0.4, 0.5) is 0 Å². The SMILES string of the molecule is CCCCCCCCc1ccc2sncc2c1. The molecule has 0 fully saturated rings. The highest BCUT2D eigenvalue weighted by molar-refractivity contribution is 7.13. The summed E-state index contributed by atoms with van der Waals surface area (Å²) >= 11 is 1.58. The maximum Gasteiger partial charge on any atom is 0.0550 e. The number of aryl methyl sites for hydroxylation is 1. The third-order valence-electron chi connectivity index (χ3n) is 3.24. The van der Waals surface area contributed by atoms with Gasteiger partial charge in [-0.2, -0.15) is 4.37 Å². The molecule has 0 saturated carbocycles. The van der Waals surface area contributed by atoms with Crippen molar-refractivity contribution in [1.82, 2.24) is 4.37 Å². The lowest BCUT2D eigenvalue weighted by Crippen LogP contribution is -1.85. The molecule has 17 heavy (non-hydrogen) atoms. The Hall–Kier alpha value is -0.890. The highest BCUT2D eigenvalue weighted by Crippen LogP contribution is 2.20. The van der Waals surface area contributed by atoms with Gasteiger partial charge in [0.05, 0.1) is 4.70 Å². The van der Waals surface area contributed by atoms with Crippen molar-refractivity contribution in [2.75, 3.05) is 0 Å². The van der Waals surface area contributed by atoms with E-state index in [0.29, 0.717) is 0 Å². The standard InChI is InChI=1S/C15H21NS/c1-2-3-4-5-6-7-8-13-9-10-15-14(11-13)12-16-17-15/h9-12H,2-8H2,1H3. The smallest absolute Gasteiger partial charge is 0.0550 e. The van der Waals surface area contributed by atoms with Gasteiger partial charge in [0.1, 0.15) is 0 Å². The van der Waals surface area contributed by atoms with Crippen molar-refractivity contribution in [2.24, 2.45) is 0 Å². The van der Waals surface area contributed by atoms with Gasteiger partial charge in [-0.15, -0.1) is 0 Å². The molecule has 1 aromatic heterocycles. The van der Waals surface area contributed by atoms with E-state index in [1.54, 1.807) is 11.5 Å². The number of unbranched alkanes of at least 4 members (excludes halogenated alkanes) is 5. The van der Waals surface area contributed by atoms with Gasteiger partial charge in [-0.3, -0.25) is 0 Å². The Morgan fingerprint density at radius 2 is 1.88 bits per heavy atom. The third kappa shape index (κ3) is 3.81. The first-order chi connectivity index (χ1) is 8.40. The summed E-state index contributed by atoms with van der Waals surface area (Å²) in [5.41, 5.74) is 1.47. The largest absolute Gasteiger partial charge is 0.200 e. The van der Waals surface area contributed by atoms with Gasteiger partial charge in [-0.1, -0.05) is 45.1 Å². The van der Waals surface area contributed by atoms with E-state index in [-0.39, 0.29) is 0 Å². The van der Waals surface area contributed by atoms with E-state index >= 15 is 0 Å². The van der Waals surface area contributed by atoms with E-state index < -0.39 is 0 Å². The molecular formula is C15H21NS. The van der Waals surface area contributed by atoms with Crippen molar-refractivity contribution in [3.05, 3.63) is 30.0 Å². The Kier molecular flexibility index (Phi) is 4.99. The molecule has 2 rings (SSSR count). The van der Waals surface area contributed by atoms with E-state index in [1.807, 2.05) is 6.20 Å². The molecule has 92 valence electrons. The molecular weight excluding hydrogens is 226 g/mol. The highest BCUT2D eigenvalue weighted by Gasteiger charge is 1.98. The zero-order valence-corrected chi connectivity index (χ0v) is 11.4. The third-order valence-corrected chi connectivity index (χ3v) is 4.02. The van der Waals surface area contributed by atoms with Crippen molar-refractivity contribution < 1.29 is 0 Å². The van der Waals surface area contributed by atoms with Crippen molar-refractivity contribution in [3.63, 3.8) is 0 Å². The quantitative estimate of drug-likeness (QED) is 0.613. The molecule has 0 aliphatic carbocycles. The van der Waals surface area contributed by atoms with Crippen LogP contribution < -0.4 is 0 Å². The van der Waals surface area contributed by atoms with Crippen LogP contribution in [-0.2, 0) is 6.42 Å².